The van der Waals surface area contributed by atoms with E-state index in [0.29, 0.717) is 6.42 Å². The van der Waals surface area contributed by atoms with Gasteiger partial charge in [-0.1, -0.05) is 19.1 Å². The number of benzene rings is 1. The number of fused-ring (bicyclic) bond motifs is 1. The van der Waals surface area contributed by atoms with Crippen LogP contribution in [0.5, 0.6) is 0 Å². The third-order valence-electron chi connectivity index (χ3n) is 3.41. The molecule has 1 heteroatoms. The molecule has 0 atom stereocenters. The first-order chi connectivity index (χ1) is 8.20. The molecule has 1 nitrogen and oxygen atoms in total. The molecule has 0 amide bonds. The zero-order valence-electron chi connectivity index (χ0n) is 11.4. The van der Waals surface area contributed by atoms with Crippen molar-refractivity contribution in [2.75, 3.05) is 0 Å². The maximum atomic E-state index is 9.40. The molecule has 0 saturated heterocycles. The number of hydrogen-bond acceptors (Lipinski definition) is 1. The molecule has 2 rings (SSSR count). The van der Waals surface area contributed by atoms with Crippen LogP contribution in [0.1, 0.15) is 54.9 Å². The number of aryl methyl sites for hydroxylation is 2. The minimum atomic E-state index is 0.708. The van der Waals surface area contributed by atoms with E-state index in [1.54, 1.807) is 11.1 Å². The maximum absolute atomic E-state index is 9.40. The average Bonchev–Trinajstić information content (AvgIpc) is 2.36. The van der Waals surface area contributed by atoms with E-state index >= 15 is 0 Å². The minimum absolute atomic E-state index is 0.708. The van der Waals surface area contributed by atoms with Gasteiger partial charge in [-0.3, -0.25) is 0 Å². The van der Waals surface area contributed by atoms with Crippen LogP contribution in [0.3, 0.4) is 0 Å². The lowest BCUT2D eigenvalue weighted by Crippen LogP contribution is -2.06. The maximum Gasteiger partial charge on any atom is 0.119 e. The molecule has 0 saturated carbocycles. The number of carbonyl (C=O) groups excluding carboxylic acids is 1. The fraction of sp³-hybridized carbons (Fsp3) is 0.562. The highest BCUT2D eigenvalue weighted by molar-refractivity contribution is 5.48. The van der Waals surface area contributed by atoms with Gasteiger partial charge in [0.1, 0.15) is 6.29 Å². The van der Waals surface area contributed by atoms with E-state index in [4.69, 9.17) is 0 Å². The second kappa shape index (κ2) is 7.26. The largest absolute Gasteiger partial charge is 0.303 e. The van der Waals surface area contributed by atoms with Crippen LogP contribution < -0.4 is 0 Å². The summed E-state index contributed by atoms with van der Waals surface area (Å²) in [5, 5.41) is 0. The summed E-state index contributed by atoms with van der Waals surface area (Å²) in [5.74, 6) is 0. The number of carbonyl (C=O) groups is 1. The molecule has 1 aliphatic rings. The lowest BCUT2D eigenvalue weighted by atomic mass is 9.86. The Hall–Kier alpha value is -1.11. The standard InChI is InChI=1S/C12H16.C4H8O/c1-9-7-8-10(2)12-6-4-3-5-11(9)12;1-2-3-4-5/h7-8H,3-6H2,1-2H3;4H,2-3H2,1H3. The van der Waals surface area contributed by atoms with Crippen molar-refractivity contribution in [1.29, 1.82) is 0 Å². The Kier molecular flexibility index (Phi) is 5.96. The van der Waals surface area contributed by atoms with Crippen LogP contribution in [0.2, 0.25) is 0 Å². The lowest BCUT2D eigenvalue weighted by Gasteiger charge is -2.19. The van der Waals surface area contributed by atoms with Crippen molar-refractivity contribution in [2.45, 2.75) is 59.3 Å². The van der Waals surface area contributed by atoms with Crippen molar-refractivity contribution in [1.82, 2.24) is 0 Å². The molecule has 0 fully saturated rings. The van der Waals surface area contributed by atoms with Crippen LogP contribution in [0, 0.1) is 13.8 Å². The predicted octanol–water partition coefficient (Wildman–Crippen LogP) is 4.17. The fourth-order valence-corrected chi connectivity index (χ4v) is 2.34. The van der Waals surface area contributed by atoms with Gasteiger partial charge in [0.05, 0.1) is 0 Å². The summed E-state index contributed by atoms with van der Waals surface area (Å²) >= 11 is 0. The zero-order chi connectivity index (χ0) is 12.7. The van der Waals surface area contributed by atoms with E-state index in [0.717, 1.165) is 12.7 Å². The quantitative estimate of drug-likeness (QED) is 0.699. The van der Waals surface area contributed by atoms with E-state index in [9.17, 15) is 4.79 Å². The van der Waals surface area contributed by atoms with Gasteiger partial charge in [-0.05, 0) is 68.2 Å². The summed E-state index contributed by atoms with van der Waals surface area (Å²) in [7, 11) is 0. The molecule has 17 heavy (non-hydrogen) atoms. The predicted molar refractivity (Wildman–Crippen MR) is 73.5 cm³/mol. The second-order valence-corrected chi connectivity index (χ2v) is 4.82. The first-order valence-corrected chi connectivity index (χ1v) is 6.72. The highest BCUT2D eigenvalue weighted by atomic mass is 16.1. The van der Waals surface area contributed by atoms with Gasteiger partial charge in [0, 0.05) is 6.42 Å². The Morgan fingerprint density at radius 1 is 1.06 bits per heavy atom. The number of hydrogen-bond donors (Lipinski definition) is 0. The normalized spacial score (nSPS) is 13.4. The van der Waals surface area contributed by atoms with Crippen molar-refractivity contribution in [3.8, 4) is 0 Å². The summed E-state index contributed by atoms with van der Waals surface area (Å²) < 4.78 is 0. The Morgan fingerprint density at radius 2 is 1.53 bits per heavy atom. The topological polar surface area (TPSA) is 17.1 Å². The third kappa shape index (κ3) is 3.99. The highest BCUT2D eigenvalue weighted by Crippen LogP contribution is 2.26. The third-order valence-corrected chi connectivity index (χ3v) is 3.41. The SMILES string of the molecule is CCCC=O.Cc1ccc(C)c2c1CCCC2. The molecule has 0 N–H and O–H groups in total. The molecule has 1 aliphatic carbocycles. The van der Waals surface area contributed by atoms with Crippen LogP contribution in [-0.2, 0) is 17.6 Å². The average molecular weight is 232 g/mol. The van der Waals surface area contributed by atoms with Gasteiger partial charge in [-0.2, -0.15) is 0 Å². The smallest absolute Gasteiger partial charge is 0.119 e. The van der Waals surface area contributed by atoms with E-state index in [-0.39, 0.29) is 0 Å². The monoisotopic (exact) mass is 232 g/mol. The van der Waals surface area contributed by atoms with Crippen LogP contribution in [0.25, 0.3) is 0 Å². The van der Waals surface area contributed by atoms with Gasteiger partial charge in [0.15, 0.2) is 0 Å². The van der Waals surface area contributed by atoms with Gasteiger partial charge in [0.2, 0.25) is 0 Å². The molecule has 1 aromatic rings. The van der Waals surface area contributed by atoms with Crippen LogP contribution in [-0.4, -0.2) is 6.29 Å². The number of unbranched alkanes of at least 4 members (excludes halogenated alkanes) is 1. The summed E-state index contributed by atoms with van der Waals surface area (Å²) in [6.07, 6.45) is 8.00. The van der Waals surface area contributed by atoms with E-state index in [1.807, 2.05) is 6.92 Å². The van der Waals surface area contributed by atoms with Crippen molar-refractivity contribution < 1.29 is 4.79 Å². The van der Waals surface area contributed by atoms with Gasteiger partial charge in [-0.25, -0.2) is 0 Å². The summed E-state index contributed by atoms with van der Waals surface area (Å²) in [6.45, 7) is 6.46. The molecule has 0 bridgehead atoms. The van der Waals surface area contributed by atoms with E-state index in [2.05, 4.69) is 26.0 Å². The molecule has 0 heterocycles. The van der Waals surface area contributed by atoms with Gasteiger partial charge < -0.3 is 4.79 Å². The Bertz CT molecular complexity index is 335. The van der Waals surface area contributed by atoms with E-state index < -0.39 is 0 Å². The van der Waals surface area contributed by atoms with Crippen molar-refractivity contribution in [2.24, 2.45) is 0 Å². The fourth-order valence-electron chi connectivity index (χ4n) is 2.34. The van der Waals surface area contributed by atoms with Crippen LogP contribution in [0.15, 0.2) is 12.1 Å². The molecule has 0 radical (unpaired) electrons. The van der Waals surface area contributed by atoms with Crippen LogP contribution in [0.4, 0.5) is 0 Å². The summed E-state index contributed by atoms with van der Waals surface area (Å²) in [6, 6.07) is 4.53. The molecule has 0 aliphatic heterocycles. The van der Waals surface area contributed by atoms with Crippen LogP contribution >= 0.6 is 0 Å². The molecule has 0 unspecified atom stereocenters. The Labute approximate surface area is 105 Å². The first-order valence-electron chi connectivity index (χ1n) is 6.72. The molecular formula is C16H24O. The highest BCUT2D eigenvalue weighted by Gasteiger charge is 2.12. The number of rotatable bonds is 2. The first kappa shape index (κ1) is 14.0. The van der Waals surface area contributed by atoms with Crippen molar-refractivity contribution >= 4 is 6.29 Å². The molecule has 0 spiro atoms. The zero-order valence-corrected chi connectivity index (χ0v) is 11.4. The molecule has 94 valence electrons. The van der Waals surface area contributed by atoms with Crippen molar-refractivity contribution in [3.05, 3.63) is 34.4 Å². The van der Waals surface area contributed by atoms with Gasteiger partial charge in [0.25, 0.3) is 0 Å². The van der Waals surface area contributed by atoms with Gasteiger partial charge >= 0.3 is 0 Å². The number of aldehydes is 1. The summed E-state index contributed by atoms with van der Waals surface area (Å²) in [5.41, 5.74) is 6.27. The Morgan fingerprint density at radius 3 is 1.82 bits per heavy atom. The molecule has 0 aromatic heterocycles. The second-order valence-electron chi connectivity index (χ2n) is 4.82. The van der Waals surface area contributed by atoms with E-state index in [1.165, 1.54) is 36.8 Å². The lowest BCUT2D eigenvalue weighted by molar-refractivity contribution is -0.107. The van der Waals surface area contributed by atoms with Gasteiger partial charge in [-0.15, -0.1) is 0 Å². The van der Waals surface area contributed by atoms with Crippen molar-refractivity contribution in [3.63, 3.8) is 0 Å². The molecule has 1 aromatic carbocycles. The Balaban J connectivity index is 0.000000249. The summed E-state index contributed by atoms with van der Waals surface area (Å²) in [4.78, 5) is 9.40. The minimum Gasteiger partial charge on any atom is -0.303 e. The molecular weight excluding hydrogens is 208 g/mol.